The molecule has 142 valence electrons. The first-order chi connectivity index (χ1) is 11.9. The third-order valence-electron chi connectivity index (χ3n) is 4.09. The van der Waals surface area contributed by atoms with Gasteiger partial charge in [-0.15, -0.1) is 0 Å². The van der Waals surface area contributed by atoms with Crippen LogP contribution in [0.5, 0.6) is 0 Å². The number of ketones is 1. The molecule has 5 nitrogen and oxygen atoms in total. The van der Waals surface area contributed by atoms with Crippen molar-refractivity contribution in [2.45, 2.75) is 71.3 Å². The van der Waals surface area contributed by atoms with Gasteiger partial charge < -0.3 is 15.0 Å². The normalized spacial score (nSPS) is 15.3. The van der Waals surface area contributed by atoms with Crippen LogP contribution in [-0.4, -0.2) is 34.4 Å². The molecular weight excluding hydrogens is 320 g/mol. The van der Waals surface area contributed by atoms with E-state index in [2.05, 4.69) is 6.92 Å². The summed E-state index contributed by atoms with van der Waals surface area (Å²) in [4.78, 5) is 33.5. The van der Waals surface area contributed by atoms with Gasteiger partial charge in [0.05, 0.1) is 6.10 Å². The average Bonchev–Trinajstić information content (AvgIpc) is 2.56. The van der Waals surface area contributed by atoms with Crippen molar-refractivity contribution in [1.29, 1.82) is 0 Å². The minimum absolute atomic E-state index is 0.0683. The van der Waals surface area contributed by atoms with Crippen molar-refractivity contribution in [3.05, 3.63) is 24.3 Å². The summed E-state index contributed by atoms with van der Waals surface area (Å²) in [5.74, 6) is -1.70. The minimum atomic E-state index is -0.810. The summed E-state index contributed by atoms with van der Waals surface area (Å²) in [6, 6.07) is 0. The number of carbonyl (C=O) groups is 3. The van der Waals surface area contributed by atoms with E-state index in [1.807, 2.05) is 6.08 Å². The molecule has 0 aromatic carbocycles. The molecule has 0 heterocycles. The Labute approximate surface area is 150 Å². The molecule has 0 aliphatic carbocycles. The molecule has 5 heteroatoms. The Morgan fingerprint density at radius 2 is 1.80 bits per heavy atom. The molecule has 0 radical (unpaired) electrons. The largest absolute Gasteiger partial charge is 0.481 e. The Bertz CT molecular complexity index is 453. The number of hydrogen-bond donors (Lipinski definition) is 2. The lowest BCUT2D eigenvalue weighted by Gasteiger charge is -2.17. The number of aldehydes is 1. The molecule has 0 rings (SSSR count). The van der Waals surface area contributed by atoms with Crippen molar-refractivity contribution in [3.8, 4) is 0 Å². The summed E-state index contributed by atoms with van der Waals surface area (Å²) >= 11 is 0. The van der Waals surface area contributed by atoms with Crippen LogP contribution in [0.4, 0.5) is 0 Å². The number of aliphatic carboxylic acids is 1. The Hall–Kier alpha value is -1.75. The van der Waals surface area contributed by atoms with E-state index in [9.17, 15) is 19.5 Å². The second kappa shape index (κ2) is 14.6. The SMILES string of the molecule is CCCCC[C@H](C=O)[C@@H](/C=C/[C@H](O)C/C=C\CCCC(=O)O)C(C)=O. The van der Waals surface area contributed by atoms with E-state index in [0.29, 0.717) is 25.7 Å². The van der Waals surface area contributed by atoms with E-state index in [4.69, 9.17) is 5.11 Å². The molecular formula is C20H32O5. The number of aliphatic hydroxyl groups excluding tert-OH is 1. The zero-order chi connectivity index (χ0) is 19.1. The van der Waals surface area contributed by atoms with Gasteiger partial charge in [-0.3, -0.25) is 9.59 Å². The van der Waals surface area contributed by atoms with Gasteiger partial charge in [0.15, 0.2) is 0 Å². The van der Waals surface area contributed by atoms with Crippen LogP contribution in [0.25, 0.3) is 0 Å². The van der Waals surface area contributed by atoms with Crippen molar-refractivity contribution in [3.63, 3.8) is 0 Å². The lowest BCUT2D eigenvalue weighted by Crippen LogP contribution is -2.22. The van der Waals surface area contributed by atoms with Crippen LogP contribution in [0.1, 0.15) is 65.2 Å². The van der Waals surface area contributed by atoms with Gasteiger partial charge in [-0.1, -0.05) is 50.5 Å². The second-order valence-electron chi connectivity index (χ2n) is 6.38. The van der Waals surface area contributed by atoms with Crippen LogP contribution in [0.15, 0.2) is 24.3 Å². The molecule has 25 heavy (non-hydrogen) atoms. The Kier molecular flexibility index (Phi) is 13.6. The van der Waals surface area contributed by atoms with E-state index in [-0.39, 0.29) is 18.1 Å². The predicted molar refractivity (Wildman–Crippen MR) is 98.3 cm³/mol. The molecule has 0 aromatic rings. The molecule has 2 N–H and O–H groups in total. The summed E-state index contributed by atoms with van der Waals surface area (Å²) < 4.78 is 0. The van der Waals surface area contributed by atoms with Crippen molar-refractivity contribution >= 4 is 18.0 Å². The molecule has 0 unspecified atom stereocenters. The topological polar surface area (TPSA) is 91.7 Å². The van der Waals surface area contributed by atoms with Crippen LogP contribution >= 0.6 is 0 Å². The highest BCUT2D eigenvalue weighted by molar-refractivity contribution is 5.83. The van der Waals surface area contributed by atoms with Crippen molar-refractivity contribution in [2.24, 2.45) is 11.8 Å². The predicted octanol–water partition coefficient (Wildman–Crippen LogP) is 3.71. The van der Waals surface area contributed by atoms with Gasteiger partial charge in [0.2, 0.25) is 0 Å². The van der Waals surface area contributed by atoms with E-state index >= 15 is 0 Å². The van der Waals surface area contributed by atoms with Crippen molar-refractivity contribution in [1.82, 2.24) is 0 Å². The molecule has 0 saturated carbocycles. The minimum Gasteiger partial charge on any atom is -0.481 e. The zero-order valence-electron chi connectivity index (χ0n) is 15.4. The van der Waals surface area contributed by atoms with Crippen LogP contribution in [-0.2, 0) is 14.4 Å². The fraction of sp³-hybridized carbons (Fsp3) is 0.650. The highest BCUT2D eigenvalue weighted by atomic mass is 16.4. The molecule has 0 aliphatic heterocycles. The number of Topliss-reactive ketones (excluding diaryl/α,β-unsaturated/α-hetero) is 1. The van der Waals surface area contributed by atoms with E-state index in [0.717, 1.165) is 25.5 Å². The molecule has 0 aliphatic rings. The van der Waals surface area contributed by atoms with Crippen LogP contribution < -0.4 is 0 Å². The monoisotopic (exact) mass is 352 g/mol. The van der Waals surface area contributed by atoms with Gasteiger partial charge in [-0.25, -0.2) is 0 Å². The van der Waals surface area contributed by atoms with E-state index in [1.165, 1.54) is 6.92 Å². The maximum Gasteiger partial charge on any atom is 0.303 e. The summed E-state index contributed by atoms with van der Waals surface area (Å²) in [6.45, 7) is 3.56. The van der Waals surface area contributed by atoms with Crippen LogP contribution in [0.2, 0.25) is 0 Å². The van der Waals surface area contributed by atoms with Crippen molar-refractivity contribution in [2.75, 3.05) is 0 Å². The quantitative estimate of drug-likeness (QED) is 0.266. The first kappa shape index (κ1) is 23.2. The molecule has 0 spiro atoms. The number of rotatable bonds is 15. The van der Waals surface area contributed by atoms with Crippen molar-refractivity contribution < 1.29 is 24.6 Å². The smallest absolute Gasteiger partial charge is 0.303 e. The lowest BCUT2D eigenvalue weighted by molar-refractivity contribution is -0.137. The van der Waals surface area contributed by atoms with Gasteiger partial charge in [0, 0.05) is 18.3 Å². The van der Waals surface area contributed by atoms with Gasteiger partial charge in [-0.2, -0.15) is 0 Å². The van der Waals surface area contributed by atoms with Crippen LogP contribution in [0, 0.1) is 11.8 Å². The molecule has 0 bridgehead atoms. The fourth-order valence-electron chi connectivity index (χ4n) is 2.59. The summed E-state index contributed by atoms with van der Waals surface area (Å²) in [5, 5.41) is 18.5. The third-order valence-corrected chi connectivity index (χ3v) is 4.09. The summed E-state index contributed by atoms with van der Waals surface area (Å²) in [6.07, 6.45) is 12.5. The number of unbranched alkanes of at least 4 members (excludes halogenated alkanes) is 3. The number of allylic oxidation sites excluding steroid dienone is 2. The second-order valence-corrected chi connectivity index (χ2v) is 6.38. The molecule has 0 aromatic heterocycles. The van der Waals surface area contributed by atoms with Gasteiger partial charge in [-0.05, 0) is 32.6 Å². The van der Waals surface area contributed by atoms with Gasteiger partial charge in [0.1, 0.15) is 12.1 Å². The molecule has 0 saturated heterocycles. The Morgan fingerprint density at radius 1 is 1.08 bits per heavy atom. The highest BCUT2D eigenvalue weighted by Crippen LogP contribution is 2.20. The molecule has 0 fully saturated rings. The first-order valence-electron chi connectivity index (χ1n) is 9.11. The maximum absolute atomic E-state index is 11.8. The Morgan fingerprint density at radius 3 is 2.36 bits per heavy atom. The summed E-state index contributed by atoms with van der Waals surface area (Å²) in [5.41, 5.74) is 0. The zero-order valence-corrected chi connectivity index (χ0v) is 15.4. The third kappa shape index (κ3) is 12.3. The maximum atomic E-state index is 11.8. The fourth-order valence-corrected chi connectivity index (χ4v) is 2.59. The Balaban J connectivity index is 4.43. The highest BCUT2D eigenvalue weighted by Gasteiger charge is 2.22. The lowest BCUT2D eigenvalue weighted by atomic mass is 9.85. The van der Waals surface area contributed by atoms with Crippen LogP contribution in [0.3, 0.4) is 0 Å². The number of carboxylic acids is 1. The van der Waals surface area contributed by atoms with Gasteiger partial charge in [0.25, 0.3) is 0 Å². The number of hydrogen-bond acceptors (Lipinski definition) is 4. The van der Waals surface area contributed by atoms with Gasteiger partial charge >= 0.3 is 5.97 Å². The number of carboxylic acid groups (broad SMARTS) is 1. The molecule has 0 amide bonds. The number of aliphatic hydroxyl groups is 1. The first-order valence-corrected chi connectivity index (χ1v) is 9.11. The average molecular weight is 352 g/mol. The molecule has 3 atom stereocenters. The number of carbonyl (C=O) groups excluding carboxylic acids is 2. The van der Waals surface area contributed by atoms with E-state index in [1.54, 1.807) is 18.2 Å². The van der Waals surface area contributed by atoms with E-state index < -0.39 is 18.0 Å². The summed E-state index contributed by atoms with van der Waals surface area (Å²) in [7, 11) is 0. The standard InChI is InChI=1S/C20H32O5/c1-3-4-7-10-17(15-21)19(16(2)22)14-13-18(23)11-8-5-6-9-12-20(24)25/h5,8,13-15,17-19,23H,3-4,6-7,9-12H2,1-2H3,(H,24,25)/b8-5-,14-13+/t17-,18-,19+/m1/s1.